The molecule has 5 aromatic rings. The number of hydrogen-bond donors (Lipinski definition) is 3. The highest BCUT2D eigenvalue weighted by molar-refractivity contribution is 7.90. The highest BCUT2D eigenvalue weighted by Gasteiger charge is 2.31. The maximum Gasteiger partial charge on any atom is 0.293 e. The van der Waals surface area contributed by atoms with Gasteiger partial charge in [-0.25, -0.2) is 18.1 Å². The van der Waals surface area contributed by atoms with Crippen LogP contribution in [0.3, 0.4) is 0 Å². The molecule has 1 amide bonds. The number of hydrogen-bond acceptors (Lipinski definition) is 10. The Balaban J connectivity index is 1.02. The fraction of sp³-hybridized carbons (Fsp3) is 0.404. The number of piperazine rings is 1. The predicted octanol–water partition coefficient (Wildman–Crippen LogP) is 9.02. The molecule has 15 heteroatoms. The summed E-state index contributed by atoms with van der Waals surface area (Å²) in [7, 11) is -4.51. The minimum atomic E-state index is -4.51. The van der Waals surface area contributed by atoms with Crippen molar-refractivity contribution in [1.82, 2.24) is 19.6 Å². The lowest BCUT2D eigenvalue weighted by molar-refractivity contribution is -0.384. The standard InChI is InChI=1S/C47H54ClN7O6S/c1-31(36-24-34-13-17-49-45(34)51-29-36)41-25-38(54-20-18-53(19-21-54)30-35-12-16-47(2,3)27-42(35)33-4-6-37(48)7-5-33)8-10-40(41)46(56)52-62(59,60)39-9-11-43(44(26-39)55(57)58)50-28-32-14-22-61-23-15-32/h4-11,13,17,24-26,29,31-32,50H,12,14-16,18-23,27-28,30H2,1-3H3,(H,49,51)(H,52,56)/t31-/m1/s1. The number of carbonyl (C=O) groups excluding carboxylic acids is 1. The summed E-state index contributed by atoms with van der Waals surface area (Å²) in [6, 6.07) is 21.4. The van der Waals surface area contributed by atoms with E-state index in [-0.39, 0.29) is 39.1 Å². The maximum atomic E-state index is 14.1. The van der Waals surface area contributed by atoms with E-state index in [9.17, 15) is 23.3 Å². The maximum absolute atomic E-state index is 14.1. The van der Waals surface area contributed by atoms with E-state index in [0.717, 1.165) is 98.2 Å². The van der Waals surface area contributed by atoms with Gasteiger partial charge in [0.15, 0.2) is 0 Å². The number of benzene rings is 3. The Hall–Kier alpha value is -5.28. The number of pyridine rings is 1. The smallest absolute Gasteiger partial charge is 0.293 e. The zero-order valence-electron chi connectivity index (χ0n) is 35.5. The van der Waals surface area contributed by atoms with Crippen molar-refractivity contribution >= 4 is 61.2 Å². The summed E-state index contributed by atoms with van der Waals surface area (Å²) in [5.74, 6) is -0.891. The average Bonchev–Trinajstić information content (AvgIpc) is 3.75. The number of nitro benzene ring substituents is 1. The second-order valence-electron chi connectivity index (χ2n) is 17.7. The predicted molar refractivity (Wildman–Crippen MR) is 244 cm³/mol. The number of halogens is 1. The van der Waals surface area contributed by atoms with Crippen LogP contribution in [0.15, 0.2) is 95.7 Å². The molecule has 2 aromatic heterocycles. The lowest BCUT2D eigenvalue weighted by Gasteiger charge is -2.39. The number of nitro groups is 1. The van der Waals surface area contributed by atoms with Gasteiger partial charge in [-0.1, -0.05) is 50.1 Å². The minimum Gasteiger partial charge on any atom is -0.381 e. The first-order chi connectivity index (χ1) is 29.7. The molecule has 3 aromatic carbocycles. The van der Waals surface area contributed by atoms with Gasteiger partial charge in [-0.15, -0.1) is 0 Å². The number of aromatic nitrogens is 2. The van der Waals surface area contributed by atoms with Crippen LogP contribution in [0.1, 0.15) is 85.8 Å². The first kappa shape index (κ1) is 43.4. The van der Waals surface area contributed by atoms with Crippen molar-refractivity contribution in [3.63, 3.8) is 0 Å². The number of ether oxygens (including phenoxy) is 1. The number of sulfonamides is 1. The van der Waals surface area contributed by atoms with Gasteiger partial charge in [0.2, 0.25) is 0 Å². The van der Waals surface area contributed by atoms with E-state index in [1.54, 1.807) is 12.3 Å². The molecule has 0 spiro atoms. The fourth-order valence-electron chi connectivity index (χ4n) is 9.00. The van der Waals surface area contributed by atoms with E-state index in [1.807, 2.05) is 49.5 Å². The Morgan fingerprint density at radius 1 is 1.03 bits per heavy atom. The van der Waals surface area contributed by atoms with Crippen LogP contribution in [-0.4, -0.2) is 86.6 Å². The zero-order chi connectivity index (χ0) is 43.6. The van der Waals surface area contributed by atoms with Gasteiger partial charge >= 0.3 is 0 Å². The van der Waals surface area contributed by atoms with Crippen molar-refractivity contribution in [3.8, 4) is 0 Å². The molecule has 1 aliphatic carbocycles. The first-order valence-electron chi connectivity index (χ1n) is 21.4. The van der Waals surface area contributed by atoms with Gasteiger partial charge in [-0.05, 0) is 120 Å². The minimum absolute atomic E-state index is 0.184. The Labute approximate surface area is 368 Å². The molecule has 3 aliphatic rings. The van der Waals surface area contributed by atoms with Gasteiger partial charge in [-0.2, -0.15) is 0 Å². The third-order valence-corrected chi connectivity index (χ3v) is 14.4. The molecule has 13 nitrogen and oxygen atoms in total. The molecule has 4 heterocycles. The molecule has 2 fully saturated rings. The van der Waals surface area contributed by atoms with Gasteiger partial charge in [0.05, 0.1) is 9.82 Å². The van der Waals surface area contributed by atoms with Crippen molar-refractivity contribution in [1.29, 1.82) is 0 Å². The molecule has 0 bridgehead atoms. The number of rotatable bonds is 13. The molecule has 2 saturated heterocycles. The van der Waals surface area contributed by atoms with Crippen LogP contribution in [0.2, 0.25) is 5.02 Å². The topological polar surface area (TPSA) is 163 Å². The number of carbonyl (C=O) groups is 1. The lowest BCUT2D eigenvalue weighted by Crippen LogP contribution is -2.47. The first-order valence-corrected chi connectivity index (χ1v) is 23.3. The molecule has 1 atom stereocenters. The number of nitrogens with zero attached hydrogens (tertiary/aromatic N) is 4. The summed E-state index contributed by atoms with van der Waals surface area (Å²) in [5.41, 5.74) is 7.56. The SMILES string of the molecule is C[C@H](c1cnc2[nH]ccc2c1)c1cc(N2CCN(CC3=C(c4ccc(Cl)cc4)CC(C)(C)CC3)CC2)ccc1C(=O)NS(=O)(=O)c1ccc(NCC2CCOCC2)c([N+](=O)[O-])c1. The van der Waals surface area contributed by atoms with Crippen LogP contribution in [0.4, 0.5) is 17.1 Å². The van der Waals surface area contributed by atoms with Gasteiger partial charge < -0.3 is 19.9 Å². The van der Waals surface area contributed by atoms with E-state index in [4.69, 9.17) is 16.3 Å². The molecular weight excluding hydrogens is 826 g/mol. The Bertz CT molecular complexity index is 2600. The van der Waals surface area contributed by atoms with E-state index < -0.39 is 20.9 Å². The Kier molecular flexibility index (Phi) is 12.7. The third kappa shape index (κ3) is 9.83. The molecule has 0 unspecified atom stereocenters. The normalized spacial score (nSPS) is 18.2. The van der Waals surface area contributed by atoms with Crippen molar-refractivity contribution in [2.45, 2.75) is 63.7 Å². The van der Waals surface area contributed by atoms with Gasteiger partial charge in [0.1, 0.15) is 11.3 Å². The van der Waals surface area contributed by atoms with Gasteiger partial charge in [-0.3, -0.25) is 19.8 Å². The van der Waals surface area contributed by atoms with Crippen molar-refractivity contribution in [2.75, 3.05) is 62.7 Å². The number of nitrogens with one attached hydrogen (secondary N) is 3. The van der Waals surface area contributed by atoms with Crippen LogP contribution in [0, 0.1) is 21.4 Å². The Morgan fingerprint density at radius 3 is 2.53 bits per heavy atom. The van der Waals surface area contributed by atoms with Crippen LogP contribution in [0.25, 0.3) is 16.6 Å². The number of aromatic amines is 1. The average molecular weight is 881 g/mol. The van der Waals surface area contributed by atoms with Crippen molar-refractivity contribution in [2.24, 2.45) is 11.3 Å². The molecule has 3 N–H and O–H groups in total. The van der Waals surface area contributed by atoms with E-state index in [1.165, 1.54) is 28.8 Å². The summed E-state index contributed by atoms with van der Waals surface area (Å²) >= 11 is 6.25. The van der Waals surface area contributed by atoms with E-state index in [2.05, 4.69) is 55.8 Å². The molecule has 326 valence electrons. The van der Waals surface area contributed by atoms with Crippen LogP contribution >= 0.6 is 11.6 Å². The monoisotopic (exact) mass is 879 g/mol. The zero-order valence-corrected chi connectivity index (χ0v) is 37.0. The molecular formula is C47H54ClN7O6S. The largest absolute Gasteiger partial charge is 0.381 e. The molecule has 8 rings (SSSR count). The summed E-state index contributed by atoms with van der Waals surface area (Å²) in [6.45, 7) is 12.6. The lowest BCUT2D eigenvalue weighted by atomic mass is 9.72. The molecule has 0 radical (unpaired) electrons. The number of amides is 1. The Morgan fingerprint density at radius 2 is 1.79 bits per heavy atom. The second-order valence-corrected chi connectivity index (χ2v) is 19.8. The van der Waals surface area contributed by atoms with E-state index >= 15 is 0 Å². The summed E-state index contributed by atoms with van der Waals surface area (Å²) < 4.78 is 35.2. The van der Waals surface area contributed by atoms with Gasteiger partial charge in [0.25, 0.3) is 21.6 Å². The van der Waals surface area contributed by atoms with Crippen LogP contribution in [-0.2, 0) is 14.8 Å². The molecule has 0 saturated carbocycles. The van der Waals surface area contributed by atoms with Crippen LogP contribution in [0.5, 0.6) is 0 Å². The highest BCUT2D eigenvalue weighted by atomic mass is 35.5. The molecule has 2 aliphatic heterocycles. The quantitative estimate of drug-likeness (QED) is 0.0769. The third-order valence-electron chi connectivity index (χ3n) is 12.8. The van der Waals surface area contributed by atoms with Crippen molar-refractivity contribution in [3.05, 3.63) is 128 Å². The summed E-state index contributed by atoms with van der Waals surface area (Å²) in [6.07, 6.45) is 8.49. The second kappa shape index (κ2) is 18.2. The number of allylic oxidation sites excluding steroid dienone is 1. The number of anilines is 2. The number of H-pyrrole nitrogens is 1. The van der Waals surface area contributed by atoms with E-state index in [0.29, 0.717) is 25.3 Å². The van der Waals surface area contributed by atoms with Crippen LogP contribution < -0.4 is 14.9 Å². The summed E-state index contributed by atoms with van der Waals surface area (Å²) in [4.78, 5) is 37.8. The fourth-order valence-corrected chi connectivity index (χ4v) is 10.1. The van der Waals surface area contributed by atoms with Crippen molar-refractivity contribution < 1.29 is 22.9 Å². The molecule has 62 heavy (non-hydrogen) atoms. The highest BCUT2D eigenvalue weighted by Crippen LogP contribution is 2.43. The number of fused-ring (bicyclic) bond motifs is 1. The summed E-state index contributed by atoms with van der Waals surface area (Å²) in [5, 5.41) is 16.9. The van der Waals surface area contributed by atoms with Gasteiger partial charge in [0, 0.05) is 98.5 Å².